The molecule has 0 saturated carbocycles. The van der Waals surface area contributed by atoms with Crippen LogP contribution in [0.5, 0.6) is 11.5 Å². The SMILES string of the molecule is CCC(CO)NCC(O)c1ccc(OC)cc1OC. The molecule has 0 bridgehead atoms. The Morgan fingerprint density at radius 2 is 2.00 bits per heavy atom. The number of benzene rings is 1. The van der Waals surface area contributed by atoms with Crippen LogP contribution >= 0.6 is 0 Å². The maximum Gasteiger partial charge on any atom is 0.128 e. The molecular formula is C14H23NO4. The van der Waals surface area contributed by atoms with Crippen molar-refractivity contribution in [3.63, 3.8) is 0 Å². The number of hydrogen-bond acceptors (Lipinski definition) is 5. The molecule has 2 atom stereocenters. The molecule has 5 nitrogen and oxygen atoms in total. The van der Waals surface area contributed by atoms with Gasteiger partial charge in [-0.05, 0) is 18.6 Å². The smallest absolute Gasteiger partial charge is 0.128 e. The van der Waals surface area contributed by atoms with E-state index in [0.29, 0.717) is 23.6 Å². The zero-order valence-corrected chi connectivity index (χ0v) is 11.7. The quantitative estimate of drug-likeness (QED) is 0.659. The van der Waals surface area contributed by atoms with Crippen LogP contribution in [0.15, 0.2) is 18.2 Å². The van der Waals surface area contributed by atoms with E-state index in [1.54, 1.807) is 32.4 Å². The fraction of sp³-hybridized carbons (Fsp3) is 0.571. The van der Waals surface area contributed by atoms with Gasteiger partial charge in [0, 0.05) is 24.2 Å². The molecule has 108 valence electrons. The highest BCUT2D eigenvalue weighted by molar-refractivity contribution is 5.42. The molecule has 0 aliphatic rings. The van der Waals surface area contributed by atoms with Crippen molar-refractivity contribution in [3.05, 3.63) is 23.8 Å². The fourth-order valence-corrected chi connectivity index (χ4v) is 1.82. The average molecular weight is 269 g/mol. The molecule has 0 fully saturated rings. The van der Waals surface area contributed by atoms with Crippen LogP contribution in [-0.4, -0.2) is 43.6 Å². The van der Waals surface area contributed by atoms with Gasteiger partial charge < -0.3 is 25.0 Å². The summed E-state index contributed by atoms with van der Waals surface area (Å²) in [4.78, 5) is 0. The first-order valence-corrected chi connectivity index (χ1v) is 6.40. The molecule has 1 aromatic rings. The molecule has 0 amide bonds. The molecular weight excluding hydrogens is 246 g/mol. The maximum absolute atomic E-state index is 10.2. The number of hydrogen-bond donors (Lipinski definition) is 3. The monoisotopic (exact) mass is 269 g/mol. The third-order valence-electron chi connectivity index (χ3n) is 3.11. The zero-order chi connectivity index (χ0) is 14.3. The first-order valence-electron chi connectivity index (χ1n) is 6.40. The molecule has 2 unspecified atom stereocenters. The summed E-state index contributed by atoms with van der Waals surface area (Å²) >= 11 is 0. The lowest BCUT2D eigenvalue weighted by molar-refractivity contribution is 0.154. The second kappa shape index (κ2) is 7.99. The predicted octanol–water partition coefficient (Wildman–Crippen LogP) is 1.10. The summed E-state index contributed by atoms with van der Waals surface area (Å²) in [6.07, 6.45) is 0.115. The van der Waals surface area contributed by atoms with Crippen LogP contribution in [0.3, 0.4) is 0 Å². The van der Waals surface area contributed by atoms with Gasteiger partial charge in [-0.3, -0.25) is 0 Å². The third-order valence-corrected chi connectivity index (χ3v) is 3.11. The van der Waals surface area contributed by atoms with Crippen LogP contribution in [0.2, 0.25) is 0 Å². The normalized spacial score (nSPS) is 13.9. The van der Waals surface area contributed by atoms with Gasteiger partial charge >= 0.3 is 0 Å². The Kier molecular flexibility index (Phi) is 6.62. The predicted molar refractivity (Wildman–Crippen MR) is 73.7 cm³/mol. The first-order chi connectivity index (χ1) is 9.15. The topological polar surface area (TPSA) is 71.0 Å². The van der Waals surface area contributed by atoms with Crippen LogP contribution in [-0.2, 0) is 0 Å². The van der Waals surface area contributed by atoms with E-state index in [1.165, 1.54) is 0 Å². The highest BCUT2D eigenvalue weighted by atomic mass is 16.5. The number of aliphatic hydroxyl groups excluding tert-OH is 2. The van der Waals surface area contributed by atoms with Crippen LogP contribution < -0.4 is 14.8 Å². The zero-order valence-electron chi connectivity index (χ0n) is 11.7. The first kappa shape index (κ1) is 15.8. The summed E-state index contributed by atoms with van der Waals surface area (Å²) in [5, 5.41) is 22.4. The summed E-state index contributed by atoms with van der Waals surface area (Å²) in [7, 11) is 3.14. The molecule has 3 N–H and O–H groups in total. The molecule has 0 radical (unpaired) electrons. The second-order valence-corrected chi connectivity index (χ2v) is 4.32. The van der Waals surface area contributed by atoms with Gasteiger partial charge in [-0.15, -0.1) is 0 Å². The number of rotatable bonds is 8. The van der Waals surface area contributed by atoms with Crippen molar-refractivity contribution in [2.45, 2.75) is 25.5 Å². The Morgan fingerprint density at radius 3 is 2.53 bits per heavy atom. The van der Waals surface area contributed by atoms with Gasteiger partial charge in [-0.25, -0.2) is 0 Å². The van der Waals surface area contributed by atoms with Gasteiger partial charge in [0.1, 0.15) is 11.5 Å². The molecule has 0 saturated heterocycles. The van der Waals surface area contributed by atoms with Crippen molar-refractivity contribution in [1.82, 2.24) is 5.32 Å². The van der Waals surface area contributed by atoms with Crippen LogP contribution in [0.25, 0.3) is 0 Å². The van der Waals surface area contributed by atoms with Gasteiger partial charge in [0.15, 0.2) is 0 Å². The summed E-state index contributed by atoms with van der Waals surface area (Å²) in [5.41, 5.74) is 0.698. The van der Waals surface area contributed by atoms with E-state index in [2.05, 4.69) is 5.32 Å². The van der Waals surface area contributed by atoms with Crippen molar-refractivity contribution in [1.29, 1.82) is 0 Å². The molecule has 0 aliphatic carbocycles. The standard InChI is InChI=1S/C14H23NO4/c1-4-10(9-16)15-8-13(17)12-6-5-11(18-2)7-14(12)19-3/h5-7,10,13,15-17H,4,8-9H2,1-3H3. The van der Waals surface area contributed by atoms with Crippen molar-refractivity contribution in [2.24, 2.45) is 0 Å². The molecule has 0 aliphatic heterocycles. The van der Waals surface area contributed by atoms with Gasteiger partial charge in [0.05, 0.1) is 26.9 Å². The molecule has 0 heterocycles. The van der Waals surface area contributed by atoms with Crippen molar-refractivity contribution in [3.8, 4) is 11.5 Å². The lowest BCUT2D eigenvalue weighted by Crippen LogP contribution is -2.35. The fourth-order valence-electron chi connectivity index (χ4n) is 1.82. The van der Waals surface area contributed by atoms with E-state index in [9.17, 15) is 5.11 Å². The van der Waals surface area contributed by atoms with Gasteiger partial charge in [0.2, 0.25) is 0 Å². The number of aliphatic hydroxyl groups is 2. The Hall–Kier alpha value is -1.30. The van der Waals surface area contributed by atoms with Crippen molar-refractivity contribution < 1.29 is 19.7 Å². The van der Waals surface area contributed by atoms with Crippen LogP contribution in [0.1, 0.15) is 25.0 Å². The minimum Gasteiger partial charge on any atom is -0.497 e. The minimum absolute atomic E-state index is 0.00102. The number of ether oxygens (including phenoxy) is 2. The molecule has 19 heavy (non-hydrogen) atoms. The lowest BCUT2D eigenvalue weighted by Gasteiger charge is -2.19. The van der Waals surface area contributed by atoms with E-state index >= 15 is 0 Å². The molecule has 0 spiro atoms. The van der Waals surface area contributed by atoms with E-state index in [4.69, 9.17) is 14.6 Å². The van der Waals surface area contributed by atoms with Gasteiger partial charge in [0.25, 0.3) is 0 Å². The molecule has 5 heteroatoms. The summed E-state index contributed by atoms with van der Waals surface area (Å²) in [6, 6.07) is 5.30. The summed E-state index contributed by atoms with van der Waals surface area (Å²) in [6.45, 7) is 2.40. The molecule has 1 rings (SSSR count). The molecule has 1 aromatic carbocycles. The average Bonchev–Trinajstić information content (AvgIpc) is 2.47. The van der Waals surface area contributed by atoms with Crippen LogP contribution in [0.4, 0.5) is 0 Å². The largest absolute Gasteiger partial charge is 0.497 e. The van der Waals surface area contributed by atoms with E-state index < -0.39 is 6.10 Å². The van der Waals surface area contributed by atoms with Gasteiger partial charge in [-0.2, -0.15) is 0 Å². The molecule has 0 aromatic heterocycles. The lowest BCUT2D eigenvalue weighted by atomic mass is 10.1. The Morgan fingerprint density at radius 1 is 1.26 bits per heavy atom. The Bertz CT molecular complexity index is 380. The van der Waals surface area contributed by atoms with Crippen LogP contribution in [0, 0.1) is 0 Å². The van der Waals surface area contributed by atoms with Crippen molar-refractivity contribution >= 4 is 0 Å². The summed E-state index contributed by atoms with van der Waals surface area (Å²) < 4.78 is 10.4. The maximum atomic E-state index is 10.2. The van der Waals surface area contributed by atoms with E-state index in [0.717, 1.165) is 6.42 Å². The van der Waals surface area contributed by atoms with Crippen molar-refractivity contribution in [2.75, 3.05) is 27.4 Å². The third kappa shape index (κ3) is 4.38. The number of methoxy groups -OCH3 is 2. The summed E-state index contributed by atoms with van der Waals surface area (Å²) in [5.74, 6) is 1.27. The highest BCUT2D eigenvalue weighted by Crippen LogP contribution is 2.29. The van der Waals surface area contributed by atoms with E-state index in [-0.39, 0.29) is 12.6 Å². The Labute approximate surface area is 114 Å². The van der Waals surface area contributed by atoms with E-state index in [1.807, 2.05) is 6.92 Å². The highest BCUT2D eigenvalue weighted by Gasteiger charge is 2.15. The van der Waals surface area contributed by atoms with Gasteiger partial charge in [-0.1, -0.05) is 6.92 Å². The Balaban J connectivity index is 2.73. The number of nitrogens with one attached hydrogen (secondary N) is 1. The minimum atomic E-state index is -0.693. The second-order valence-electron chi connectivity index (χ2n) is 4.32.